The molecule has 0 aliphatic rings. The van der Waals surface area contributed by atoms with Crippen LogP contribution < -0.4 is 0 Å². The molecule has 1 unspecified atom stereocenters. The second kappa shape index (κ2) is 6.57. The van der Waals surface area contributed by atoms with Gasteiger partial charge in [-0.1, -0.05) is 74.4 Å². The van der Waals surface area contributed by atoms with Gasteiger partial charge in [0.15, 0.2) is 0 Å². The molecule has 0 bridgehead atoms. The van der Waals surface area contributed by atoms with Gasteiger partial charge in [0.25, 0.3) is 0 Å². The highest BCUT2D eigenvalue weighted by atomic mass is 14.7. The molecule has 3 aromatic rings. The first kappa shape index (κ1) is 8.89. The average molecular weight is 293 g/mol. The third-order valence-electron chi connectivity index (χ3n) is 3.36. The molecule has 0 saturated heterocycles. The van der Waals surface area contributed by atoms with Crippen molar-refractivity contribution in [1.29, 1.82) is 0 Å². The largest absolute Gasteiger partial charge is 0.256 e. The number of hydrogen-bond acceptors (Lipinski definition) is 1. The minimum Gasteiger partial charge on any atom is -0.256 e. The molecule has 1 heterocycles. The molecule has 0 aliphatic heterocycles. The summed E-state index contributed by atoms with van der Waals surface area (Å²) >= 11 is 0. The van der Waals surface area contributed by atoms with Crippen LogP contribution in [0.15, 0.2) is 72.9 Å². The van der Waals surface area contributed by atoms with Crippen molar-refractivity contribution in [1.82, 2.24) is 4.98 Å². The van der Waals surface area contributed by atoms with Crippen molar-refractivity contribution in [3.8, 4) is 22.4 Å². The van der Waals surface area contributed by atoms with Crippen LogP contribution in [0.5, 0.6) is 0 Å². The quantitative estimate of drug-likeness (QED) is 0.609. The van der Waals surface area contributed by atoms with E-state index in [1.165, 1.54) is 6.07 Å². The SMILES string of the molecule is [2H]C([2H])([2H])C([2H])(C)C([2H])([2H])c1cccc(-c2ccc(-c3ccccc3)nc2)c1. The van der Waals surface area contributed by atoms with Gasteiger partial charge in [0.2, 0.25) is 0 Å². The molecule has 3 rings (SSSR count). The molecule has 1 heteroatoms. The number of hydrogen-bond donors (Lipinski definition) is 0. The smallest absolute Gasteiger partial charge is 0.0702 e. The predicted octanol–water partition coefficient (Wildman–Crippen LogP) is 5.61. The lowest BCUT2D eigenvalue weighted by molar-refractivity contribution is 0.647. The third kappa shape index (κ3) is 3.43. The molecule has 1 nitrogen and oxygen atoms in total. The van der Waals surface area contributed by atoms with Crippen molar-refractivity contribution < 1.29 is 8.22 Å². The summed E-state index contributed by atoms with van der Waals surface area (Å²) in [5.41, 5.74) is 3.50. The van der Waals surface area contributed by atoms with Gasteiger partial charge in [-0.15, -0.1) is 0 Å². The Bertz CT molecular complexity index is 947. The van der Waals surface area contributed by atoms with Gasteiger partial charge in [-0.3, -0.25) is 4.98 Å². The zero-order valence-electron chi connectivity index (χ0n) is 18.4. The lowest BCUT2D eigenvalue weighted by Crippen LogP contribution is -1.94. The molecule has 22 heavy (non-hydrogen) atoms. The van der Waals surface area contributed by atoms with Gasteiger partial charge in [-0.25, -0.2) is 0 Å². The van der Waals surface area contributed by atoms with Gasteiger partial charge < -0.3 is 0 Å². The van der Waals surface area contributed by atoms with Crippen LogP contribution >= 0.6 is 0 Å². The molecular weight excluding hydrogens is 266 g/mol. The average Bonchev–Trinajstić information content (AvgIpc) is 2.68. The maximum Gasteiger partial charge on any atom is 0.0702 e. The van der Waals surface area contributed by atoms with E-state index in [1.807, 2.05) is 48.5 Å². The molecule has 1 aromatic heterocycles. The van der Waals surface area contributed by atoms with Crippen molar-refractivity contribution >= 4 is 0 Å². The highest BCUT2D eigenvalue weighted by Gasteiger charge is 2.03. The van der Waals surface area contributed by atoms with Crippen LogP contribution in [-0.2, 0) is 6.37 Å². The Hall–Kier alpha value is -2.41. The molecule has 0 radical (unpaired) electrons. The molecule has 110 valence electrons. The van der Waals surface area contributed by atoms with Gasteiger partial charge in [0.1, 0.15) is 0 Å². The second-order valence-electron chi connectivity index (χ2n) is 5.13. The zero-order valence-corrected chi connectivity index (χ0v) is 12.4. The topological polar surface area (TPSA) is 12.9 Å². The summed E-state index contributed by atoms with van der Waals surface area (Å²) in [6.45, 7) is -1.64. The van der Waals surface area contributed by atoms with E-state index in [0.29, 0.717) is 0 Å². The van der Waals surface area contributed by atoms with Crippen molar-refractivity contribution in [2.75, 3.05) is 0 Å². The summed E-state index contributed by atoms with van der Waals surface area (Å²) in [6, 6.07) is 20.2. The van der Waals surface area contributed by atoms with Crippen molar-refractivity contribution in [2.45, 2.75) is 20.1 Å². The maximum absolute atomic E-state index is 8.33. The van der Waals surface area contributed by atoms with E-state index in [4.69, 9.17) is 8.22 Å². The van der Waals surface area contributed by atoms with Gasteiger partial charge in [0.05, 0.1) is 5.69 Å². The van der Waals surface area contributed by atoms with Gasteiger partial charge >= 0.3 is 0 Å². The lowest BCUT2D eigenvalue weighted by atomic mass is 9.98. The highest BCUT2D eigenvalue weighted by molar-refractivity contribution is 5.67. The number of aromatic nitrogens is 1. The molecule has 0 amide bonds. The minimum absolute atomic E-state index is 0.158. The molecule has 0 N–H and O–H groups in total. The van der Waals surface area contributed by atoms with E-state index in [2.05, 4.69) is 4.98 Å². The summed E-state index contributed by atoms with van der Waals surface area (Å²) in [7, 11) is 0. The fourth-order valence-corrected chi connectivity index (χ4v) is 2.34. The number of pyridine rings is 1. The Kier molecular flexibility index (Phi) is 2.66. The molecule has 0 saturated carbocycles. The summed E-state index contributed by atoms with van der Waals surface area (Å²) in [6.07, 6.45) is -0.646. The van der Waals surface area contributed by atoms with Crippen LogP contribution in [0.1, 0.15) is 27.6 Å². The molecule has 0 fully saturated rings. The zero-order chi connectivity index (χ0) is 20.6. The van der Waals surface area contributed by atoms with Gasteiger partial charge in [0, 0.05) is 25.5 Å². The molecule has 0 spiro atoms. The normalized spacial score (nSPS) is 18.8. The fourth-order valence-electron chi connectivity index (χ4n) is 2.34. The van der Waals surface area contributed by atoms with Gasteiger partial charge in [-0.2, -0.15) is 0 Å². The molecule has 0 aliphatic carbocycles. The van der Waals surface area contributed by atoms with E-state index >= 15 is 0 Å². The first-order valence-electron chi connectivity index (χ1n) is 10.2. The summed E-state index contributed by atoms with van der Waals surface area (Å²) in [5.74, 6) is -2.28. The lowest BCUT2D eigenvalue weighted by Gasteiger charge is -2.08. The monoisotopic (exact) mass is 293 g/mol. The van der Waals surface area contributed by atoms with Crippen LogP contribution in [0.3, 0.4) is 0 Å². The third-order valence-corrected chi connectivity index (χ3v) is 3.36. The molecule has 1 atom stereocenters. The second-order valence-corrected chi connectivity index (χ2v) is 5.13. The van der Waals surface area contributed by atoms with Gasteiger partial charge in [-0.05, 0) is 29.5 Å². The van der Waals surface area contributed by atoms with E-state index < -0.39 is 19.1 Å². The maximum atomic E-state index is 8.33. The van der Waals surface area contributed by atoms with Crippen LogP contribution in [-0.4, -0.2) is 4.98 Å². The van der Waals surface area contributed by atoms with Crippen LogP contribution in [0.2, 0.25) is 0 Å². The van der Waals surface area contributed by atoms with Crippen LogP contribution in [0, 0.1) is 5.89 Å². The first-order chi connectivity index (χ1) is 13.0. The predicted molar refractivity (Wildman–Crippen MR) is 93.7 cm³/mol. The van der Waals surface area contributed by atoms with E-state index in [9.17, 15) is 0 Å². The van der Waals surface area contributed by atoms with E-state index in [1.54, 1.807) is 18.3 Å². The van der Waals surface area contributed by atoms with Crippen molar-refractivity contribution in [3.05, 3.63) is 78.5 Å². The highest BCUT2D eigenvalue weighted by Crippen LogP contribution is 2.24. The van der Waals surface area contributed by atoms with Crippen LogP contribution in [0.4, 0.5) is 0 Å². The minimum atomic E-state index is -2.76. The summed E-state index contributed by atoms with van der Waals surface area (Å²) in [4.78, 5) is 4.48. The standard InChI is InChI=1S/C21H21N/c1-16(2)13-17-7-6-10-19(14-17)20-11-12-21(22-15-20)18-8-4-3-5-9-18/h3-12,14-16H,13H2,1-2H3/i1D3,13D2,16D. The van der Waals surface area contributed by atoms with E-state index in [-0.39, 0.29) is 5.56 Å². The Morgan fingerprint density at radius 1 is 1.00 bits per heavy atom. The Morgan fingerprint density at radius 3 is 2.55 bits per heavy atom. The van der Waals surface area contributed by atoms with Crippen molar-refractivity contribution in [3.63, 3.8) is 0 Å². The van der Waals surface area contributed by atoms with E-state index in [0.717, 1.165) is 29.3 Å². The molecular formula is C21H21N. The number of benzene rings is 2. The Labute approximate surface area is 141 Å². The fraction of sp³-hybridized carbons (Fsp3) is 0.190. The number of nitrogens with zero attached hydrogens (tertiary/aromatic N) is 1. The number of rotatable bonds is 4. The summed E-state index contributed by atoms with van der Waals surface area (Å²) in [5, 5.41) is 0. The summed E-state index contributed by atoms with van der Waals surface area (Å²) < 4.78 is 47.5. The first-order valence-corrected chi connectivity index (χ1v) is 7.16. The van der Waals surface area contributed by atoms with Crippen LogP contribution in [0.25, 0.3) is 22.4 Å². The molecule has 2 aromatic carbocycles. The van der Waals surface area contributed by atoms with Crippen molar-refractivity contribution in [2.24, 2.45) is 5.89 Å². The Balaban J connectivity index is 1.96. The Morgan fingerprint density at radius 2 is 1.82 bits per heavy atom.